The number of nitrogens with zero attached hydrogens (tertiary/aromatic N) is 3. The van der Waals surface area contributed by atoms with Crippen molar-refractivity contribution in [2.45, 2.75) is 32.9 Å². The summed E-state index contributed by atoms with van der Waals surface area (Å²) in [6, 6.07) is 8.87. The molecular weight excluding hydrogens is 368 g/mol. The summed E-state index contributed by atoms with van der Waals surface area (Å²) in [6.07, 6.45) is 4.16. The van der Waals surface area contributed by atoms with Crippen LogP contribution >= 0.6 is 11.6 Å². The Labute approximate surface area is 162 Å². The summed E-state index contributed by atoms with van der Waals surface area (Å²) in [7, 11) is 0. The molecule has 7 nitrogen and oxygen atoms in total. The van der Waals surface area contributed by atoms with Gasteiger partial charge in [0.2, 0.25) is 0 Å². The van der Waals surface area contributed by atoms with Crippen LogP contribution in [0.1, 0.15) is 35.2 Å². The van der Waals surface area contributed by atoms with Crippen molar-refractivity contribution in [1.82, 2.24) is 20.3 Å². The van der Waals surface area contributed by atoms with Crippen LogP contribution in [0.3, 0.4) is 0 Å². The number of ether oxygens (including phenoxy) is 1. The van der Waals surface area contributed by atoms with Gasteiger partial charge in [0.15, 0.2) is 11.5 Å². The molecule has 2 aromatic heterocycles. The quantitative estimate of drug-likeness (QED) is 0.639. The van der Waals surface area contributed by atoms with Crippen molar-refractivity contribution in [3.05, 3.63) is 64.8 Å². The van der Waals surface area contributed by atoms with Gasteiger partial charge in [-0.1, -0.05) is 35.8 Å². The zero-order valence-corrected chi connectivity index (χ0v) is 15.9. The Morgan fingerprint density at radius 3 is 2.93 bits per heavy atom. The Morgan fingerprint density at radius 2 is 2.22 bits per heavy atom. The topological polar surface area (TPSA) is 82.2 Å². The van der Waals surface area contributed by atoms with Crippen molar-refractivity contribution < 1.29 is 14.1 Å². The number of carbonyl (C=O) groups is 1. The number of aromatic nitrogens is 3. The molecule has 142 valence electrons. The number of benzene rings is 1. The number of hydrogen-bond acceptors (Lipinski definition) is 5. The van der Waals surface area contributed by atoms with Gasteiger partial charge in [0.1, 0.15) is 18.4 Å². The second-order valence-electron chi connectivity index (χ2n) is 6.18. The normalized spacial score (nSPS) is 12.0. The summed E-state index contributed by atoms with van der Waals surface area (Å²) in [4.78, 5) is 12.3. The first-order valence-electron chi connectivity index (χ1n) is 8.69. The van der Waals surface area contributed by atoms with Gasteiger partial charge in [0.25, 0.3) is 5.91 Å². The first-order chi connectivity index (χ1) is 13.0. The molecule has 0 saturated carbocycles. The van der Waals surface area contributed by atoms with E-state index in [1.54, 1.807) is 29.1 Å². The molecule has 1 N–H and O–H groups in total. The van der Waals surface area contributed by atoms with Gasteiger partial charge >= 0.3 is 0 Å². The molecule has 1 amide bonds. The molecule has 1 unspecified atom stereocenters. The Morgan fingerprint density at radius 1 is 1.41 bits per heavy atom. The third kappa shape index (κ3) is 5.10. The molecule has 0 aliphatic rings. The fourth-order valence-corrected chi connectivity index (χ4v) is 2.67. The van der Waals surface area contributed by atoms with Gasteiger partial charge in [0.05, 0.1) is 17.8 Å². The SMILES string of the molecule is CCC(CNC(=O)c1cc(Cn2cc(C)cn2)on1)Oc1ccccc1Cl. The summed E-state index contributed by atoms with van der Waals surface area (Å²) >= 11 is 6.11. The maximum absolute atomic E-state index is 12.3. The van der Waals surface area contributed by atoms with Crippen molar-refractivity contribution in [1.29, 1.82) is 0 Å². The zero-order chi connectivity index (χ0) is 19.2. The number of amides is 1. The average molecular weight is 389 g/mol. The number of halogens is 1. The Balaban J connectivity index is 1.54. The minimum Gasteiger partial charge on any atom is -0.487 e. The highest BCUT2D eigenvalue weighted by Crippen LogP contribution is 2.24. The molecule has 0 fully saturated rings. The molecule has 0 radical (unpaired) electrons. The van der Waals surface area contributed by atoms with Crippen LogP contribution in [0.5, 0.6) is 5.75 Å². The Hall–Kier alpha value is -2.80. The lowest BCUT2D eigenvalue weighted by molar-refractivity contribution is 0.0917. The van der Waals surface area contributed by atoms with E-state index in [0.29, 0.717) is 36.0 Å². The van der Waals surface area contributed by atoms with Crippen LogP contribution < -0.4 is 10.1 Å². The highest BCUT2D eigenvalue weighted by atomic mass is 35.5. The third-order valence-corrected chi connectivity index (χ3v) is 4.26. The molecular formula is C19H21ClN4O3. The van der Waals surface area contributed by atoms with Crippen LogP contribution in [-0.2, 0) is 6.54 Å². The van der Waals surface area contributed by atoms with Crippen LogP contribution in [-0.4, -0.2) is 33.5 Å². The molecule has 0 aliphatic carbocycles. The maximum Gasteiger partial charge on any atom is 0.273 e. The van der Waals surface area contributed by atoms with E-state index in [-0.39, 0.29) is 17.7 Å². The molecule has 27 heavy (non-hydrogen) atoms. The first kappa shape index (κ1) is 19.0. The molecule has 3 aromatic rings. The van der Waals surface area contributed by atoms with E-state index in [0.717, 1.165) is 5.56 Å². The van der Waals surface area contributed by atoms with E-state index in [4.69, 9.17) is 20.9 Å². The summed E-state index contributed by atoms with van der Waals surface area (Å²) in [6.45, 7) is 4.69. The summed E-state index contributed by atoms with van der Waals surface area (Å²) in [5.41, 5.74) is 1.28. The lowest BCUT2D eigenvalue weighted by Gasteiger charge is -2.18. The van der Waals surface area contributed by atoms with E-state index in [9.17, 15) is 4.79 Å². The fraction of sp³-hybridized carbons (Fsp3) is 0.316. The molecule has 1 aromatic carbocycles. The number of rotatable bonds is 8. The van der Waals surface area contributed by atoms with Gasteiger partial charge in [-0.15, -0.1) is 0 Å². The predicted octanol–water partition coefficient (Wildman–Crippen LogP) is 3.47. The van der Waals surface area contributed by atoms with Crippen molar-refractivity contribution in [2.75, 3.05) is 6.54 Å². The molecule has 8 heteroatoms. The third-order valence-electron chi connectivity index (χ3n) is 3.95. The lowest BCUT2D eigenvalue weighted by Crippen LogP contribution is -2.35. The molecule has 0 saturated heterocycles. The van der Waals surface area contributed by atoms with Crippen LogP contribution in [0.25, 0.3) is 0 Å². The highest BCUT2D eigenvalue weighted by molar-refractivity contribution is 6.32. The van der Waals surface area contributed by atoms with Crippen molar-refractivity contribution in [3.63, 3.8) is 0 Å². The van der Waals surface area contributed by atoms with E-state index in [1.807, 2.05) is 32.2 Å². The standard InChI is InChI=1S/C19H21ClN4O3/c1-3-14(26-18-7-5-4-6-16(18)20)10-21-19(25)17-8-15(27-23-17)12-24-11-13(2)9-22-24/h4-9,11,14H,3,10,12H2,1-2H3,(H,21,25). The Kier molecular flexibility index (Phi) is 6.13. The fourth-order valence-electron chi connectivity index (χ4n) is 2.49. The van der Waals surface area contributed by atoms with Crippen LogP contribution in [0.4, 0.5) is 0 Å². The van der Waals surface area contributed by atoms with Gasteiger partial charge in [-0.3, -0.25) is 9.48 Å². The number of nitrogens with one attached hydrogen (secondary N) is 1. The summed E-state index contributed by atoms with van der Waals surface area (Å²) in [5.74, 6) is 0.837. The molecule has 0 bridgehead atoms. The largest absolute Gasteiger partial charge is 0.487 e. The highest BCUT2D eigenvalue weighted by Gasteiger charge is 2.16. The number of hydrogen-bond donors (Lipinski definition) is 1. The van der Waals surface area contributed by atoms with Gasteiger partial charge in [-0.2, -0.15) is 5.10 Å². The number of carbonyl (C=O) groups excluding carboxylic acids is 1. The molecule has 1 atom stereocenters. The molecule has 3 rings (SSSR count). The van der Waals surface area contributed by atoms with Crippen LogP contribution in [0.15, 0.2) is 47.2 Å². The number of aryl methyl sites for hydroxylation is 1. The van der Waals surface area contributed by atoms with Crippen molar-refractivity contribution in [2.24, 2.45) is 0 Å². The molecule has 0 spiro atoms. The smallest absolute Gasteiger partial charge is 0.273 e. The van der Waals surface area contributed by atoms with Gasteiger partial charge < -0.3 is 14.6 Å². The van der Waals surface area contributed by atoms with Crippen molar-refractivity contribution >= 4 is 17.5 Å². The predicted molar refractivity (Wildman–Crippen MR) is 101 cm³/mol. The minimum atomic E-state index is -0.317. The first-order valence-corrected chi connectivity index (χ1v) is 9.07. The Bertz CT molecular complexity index is 906. The maximum atomic E-state index is 12.3. The second-order valence-corrected chi connectivity index (χ2v) is 6.59. The molecule has 2 heterocycles. The summed E-state index contributed by atoms with van der Waals surface area (Å²) in [5, 5.41) is 11.4. The van der Waals surface area contributed by atoms with E-state index < -0.39 is 0 Å². The van der Waals surface area contributed by atoms with Crippen molar-refractivity contribution in [3.8, 4) is 5.75 Å². The average Bonchev–Trinajstić information content (AvgIpc) is 3.29. The van der Waals surface area contributed by atoms with Gasteiger partial charge in [0, 0.05) is 12.3 Å². The van der Waals surface area contributed by atoms with Crippen LogP contribution in [0, 0.1) is 6.92 Å². The van der Waals surface area contributed by atoms with Gasteiger partial charge in [-0.25, -0.2) is 0 Å². The molecule has 0 aliphatic heterocycles. The minimum absolute atomic E-state index is 0.202. The van der Waals surface area contributed by atoms with Crippen LogP contribution in [0.2, 0.25) is 5.02 Å². The second kappa shape index (κ2) is 8.73. The van der Waals surface area contributed by atoms with Gasteiger partial charge in [-0.05, 0) is 31.0 Å². The van der Waals surface area contributed by atoms with E-state index >= 15 is 0 Å². The summed E-state index contributed by atoms with van der Waals surface area (Å²) < 4.78 is 12.8. The lowest BCUT2D eigenvalue weighted by atomic mass is 10.2. The number of para-hydroxylation sites is 1. The van der Waals surface area contributed by atoms with E-state index in [1.165, 1.54) is 0 Å². The zero-order valence-electron chi connectivity index (χ0n) is 15.2. The monoisotopic (exact) mass is 388 g/mol. The van der Waals surface area contributed by atoms with E-state index in [2.05, 4.69) is 15.6 Å².